The molecule has 2 aromatic rings. The van der Waals surface area contributed by atoms with Crippen molar-refractivity contribution in [2.75, 3.05) is 12.4 Å². The molecule has 0 aromatic heterocycles. The standard InChI is InChI=1S/C20H23FO3S/c1-14(2)12-24-20(22)13-25(23)15(3)16-8-10-17(11-9-16)18-6-4-5-7-19(18)21/h4-11,14-15H,12-13H2,1-3H3. The van der Waals surface area contributed by atoms with Crippen molar-refractivity contribution in [2.24, 2.45) is 5.92 Å². The average Bonchev–Trinajstić information content (AvgIpc) is 2.60. The summed E-state index contributed by atoms with van der Waals surface area (Å²) in [6.45, 7) is 6.04. The molecule has 0 amide bonds. The minimum atomic E-state index is -1.36. The van der Waals surface area contributed by atoms with E-state index in [1.165, 1.54) is 6.07 Å². The number of carbonyl (C=O) groups is 1. The van der Waals surface area contributed by atoms with Gasteiger partial charge in [0.05, 0.1) is 6.61 Å². The van der Waals surface area contributed by atoms with E-state index in [0.29, 0.717) is 12.2 Å². The third-order valence-electron chi connectivity index (χ3n) is 3.80. The molecule has 3 nitrogen and oxygen atoms in total. The summed E-state index contributed by atoms with van der Waals surface area (Å²) < 4.78 is 31.3. The highest BCUT2D eigenvalue weighted by Gasteiger charge is 2.23. The van der Waals surface area contributed by atoms with Gasteiger partial charge in [-0.15, -0.1) is 0 Å². The number of hydrogen-bond donors (Lipinski definition) is 0. The molecule has 25 heavy (non-hydrogen) atoms. The Hall–Kier alpha value is -1.85. The minimum Gasteiger partial charge on any atom is -0.615 e. The molecular formula is C20H23FO3S. The van der Waals surface area contributed by atoms with Gasteiger partial charge in [0.15, 0.2) is 0 Å². The van der Waals surface area contributed by atoms with Crippen LogP contribution in [0.25, 0.3) is 11.1 Å². The Kier molecular flexibility index (Phi) is 7.02. The predicted octanol–water partition coefficient (Wildman–Crippen LogP) is 4.50. The molecular weight excluding hydrogens is 339 g/mol. The molecule has 0 radical (unpaired) electrons. The summed E-state index contributed by atoms with van der Waals surface area (Å²) in [5.41, 5.74) is 2.13. The molecule has 5 heteroatoms. The summed E-state index contributed by atoms with van der Waals surface area (Å²) in [5, 5.41) is -0.304. The van der Waals surface area contributed by atoms with Crippen LogP contribution in [0.4, 0.5) is 4.39 Å². The lowest BCUT2D eigenvalue weighted by atomic mass is 10.0. The van der Waals surface area contributed by atoms with Crippen LogP contribution in [0.1, 0.15) is 31.6 Å². The molecule has 0 aliphatic rings. The number of ether oxygens (including phenoxy) is 1. The van der Waals surface area contributed by atoms with Crippen LogP contribution in [0.15, 0.2) is 48.5 Å². The Morgan fingerprint density at radius 3 is 2.36 bits per heavy atom. The van der Waals surface area contributed by atoms with Crippen molar-refractivity contribution in [2.45, 2.75) is 26.0 Å². The maximum atomic E-state index is 13.8. The van der Waals surface area contributed by atoms with E-state index in [1.54, 1.807) is 30.3 Å². The first-order chi connectivity index (χ1) is 11.9. The summed E-state index contributed by atoms with van der Waals surface area (Å²) in [7, 11) is 0. The SMILES string of the molecule is CC(C)COC(=O)C[S+]([O-])C(C)c1ccc(-c2ccccc2F)cc1. The molecule has 0 saturated heterocycles. The van der Waals surface area contributed by atoms with Gasteiger partial charge in [0.1, 0.15) is 11.1 Å². The van der Waals surface area contributed by atoms with E-state index in [9.17, 15) is 13.7 Å². The summed E-state index contributed by atoms with van der Waals surface area (Å²) in [6.07, 6.45) is 0. The smallest absolute Gasteiger partial charge is 0.356 e. The van der Waals surface area contributed by atoms with Gasteiger partial charge in [-0.3, -0.25) is 0 Å². The molecule has 0 aliphatic carbocycles. The fraction of sp³-hybridized carbons (Fsp3) is 0.350. The molecule has 0 aliphatic heterocycles. The summed E-state index contributed by atoms with van der Waals surface area (Å²) in [4.78, 5) is 11.7. The topological polar surface area (TPSA) is 49.4 Å². The predicted molar refractivity (Wildman–Crippen MR) is 99.1 cm³/mol. The number of benzene rings is 2. The number of rotatable bonds is 7. The first-order valence-corrected chi connectivity index (χ1v) is 9.64. The highest BCUT2D eigenvalue weighted by atomic mass is 32.2. The van der Waals surface area contributed by atoms with Crippen LogP contribution in [-0.4, -0.2) is 22.9 Å². The van der Waals surface area contributed by atoms with Gasteiger partial charge >= 0.3 is 5.97 Å². The summed E-state index contributed by atoms with van der Waals surface area (Å²) >= 11 is -1.36. The van der Waals surface area contributed by atoms with E-state index in [4.69, 9.17) is 4.74 Å². The van der Waals surface area contributed by atoms with Gasteiger partial charge in [0.2, 0.25) is 5.75 Å². The second kappa shape index (κ2) is 9.02. The van der Waals surface area contributed by atoms with Crippen LogP contribution in [0.2, 0.25) is 0 Å². The molecule has 0 fully saturated rings. The van der Waals surface area contributed by atoms with Gasteiger partial charge in [0.25, 0.3) is 0 Å². The molecule has 2 aromatic carbocycles. The minimum absolute atomic E-state index is 0.122. The van der Waals surface area contributed by atoms with Crippen LogP contribution >= 0.6 is 0 Å². The number of halogens is 1. The van der Waals surface area contributed by atoms with Crippen LogP contribution in [0.5, 0.6) is 0 Å². The Morgan fingerprint density at radius 1 is 1.12 bits per heavy atom. The van der Waals surface area contributed by atoms with Gasteiger partial charge in [-0.05, 0) is 35.6 Å². The van der Waals surface area contributed by atoms with Gasteiger partial charge in [-0.2, -0.15) is 0 Å². The van der Waals surface area contributed by atoms with E-state index in [2.05, 4.69) is 0 Å². The van der Waals surface area contributed by atoms with Crippen molar-refractivity contribution in [3.8, 4) is 11.1 Å². The summed E-state index contributed by atoms with van der Waals surface area (Å²) in [5.74, 6) is -0.592. The quantitative estimate of drug-likeness (QED) is 0.538. The summed E-state index contributed by atoms with van der Waals surface area (Å²) in [6, 6.07) is 13.8. The third kappa shape index (κ3) is 5.58. The fourth-order valence-electron chi connectivity index (χ4n) is 2.32. The normalized spacial score (nSPS) is 13.5. The van der Waals surface area contributed by atoms with Crippen LogP contribution in [-0.2, 0) is 20.7 Å². The van der Waals surface area contributed by atoms with Gasteiger partial charge in [0, 0.05) is 11.1 Å². The lowest BCUT2D eigenvalue weighted by molar-refractivity contribution is -0.141. The lowest BCUT2D eigenvalue weighted by Gasteiger charge is -2.18. The van der Waals surface area contributed by atoms with Gasteiger partial charge in [-0.25, -0.2) is 9.18 Å². The molecule has 2 rings (SSSR count). The second-order valence-electron chi connectivity index (χ2n) is 6.35. The van der Waals surface area contributed by atoms with Crippen molar-refractivity contribution in [3.05, 3.63) is 59.9 Å². The van der Waals surface area contributed by atoms with Gasteiger partial charge in [-0.1, -0.05) is 56.3 Å². The largest absolute Gasteiger partial charge is 0.615 e. The molecule has 0 saturated carbocycles. The van der Waals surface area contributed by atoms with E-state index in [0.717, 1.165) is 11.1 Å². The third-order valence-corrected chi connectivity index (χ3v) is 5.38. The molecule has 0 N–H and O–H groups in total. The zero-order valence-electron chi connectivity index (χ0n) is 14.7. The number of hydrogen-bond acceptors (Lipinski definition) is 3. The number of carbonyl (C=O) groups excluding carboxylic acids is 1. The van der Waals surface area contributed by atoms with Crippen molar-refractivity contribution in [3.63, 3.8) is 0 Å². The van der Waals surface area contributed by atoms with Crippen molar-refractivity contribution < 1.29 is 18.5 Å². The van der Waals surface area contributed by atoms with E-state index < -0.39 is 17.1 Å². The highest BCUT2D eigenvalue weighted by Crippen LogP contribution is 2.27. The first-order valence-electron chi connectivity index (χ1n) is 8.26. The Morgan fingerprint density at radius 2 is 1.76 bits per heavy atom. The maximum Gasteiger partial charge on any atom is 0.356 e. The number of esters is 1. The van der Waals surface area contributed by atoms with Crippen LogP contribution in [0.3, 0.4) is 0 Å². The van der Waals surface area contributed by atoms with E-state index >= 15 is 0 Å². The van der Waals surface area contributed by atoms with E-state index in [-0.39, 0.29) is 22.7 Å². The molecule has 134 valence electrons. The Balaban J connectivity index is 2.01. The molecule has 2 atom stereocenters. The van der Waals surface area contributed by atoms with Crippen LogP contribution < -0.4 is 0 Å². The molecule has 2 unspecified atom stereocenters. The maximum absolute atomic E-state index is 13.8. The Bertz CT molecular complexity index is 700. The van der Waals surface area contributed by atoms with Crippen molar-refractivity contribution in [1.82, 2.24) is 0 Å². The zero-order chi connectivity index (χ0) is 18.4. The monoisotopic (exact) mass is 362 g/mol. The highest BCUT2D eigenvalue weighted by molar-refractivity contribution is 7.92. The van der Waals surface area contributed by atoms with Gasteiger partial charge < -0.3 is 9.29 Å². The molecule has 0 heterocycles. The van der Waals surface area contributed by atoms with Crippen LogP contribution in [0, 0.1) is 11.7 Å². The fourth-order valence-corrected chi connectivity index (χ4v) is 3.35. The van der Waals surface area contributed by atoms with Crippen molar-refractivity contribution in [1.29, 1.82) is 0 Å². The van der Waals surface area contributed by atoms with Crippen molar-refractivity contribution >= 4 is 17.1 Å². The average molecular weight is 362 g/mol. The van der Waals surface area contributed by atoms with E-state index in [1.807, 2.05) is 32.9 Å². The zero-order valence-corrected chi connectivity index (χ0v) is 15.5. The molecule has 0 spiro atoms. The second-order valence-corrected chi connectivity index (χ2v) is 8.10. The molecule has 0 bridgehead atoms. The first kappa shape index (κ1) is 19.5. The lowest BCUT2D eigenvalue weighted by Crippen LogP contribution is -2.23. The Labute approximate surface area is 151 Å².